The van der Waals surface area contributed by atoms with E-state index in [0.29, 0.717) is 0 Å². The Morgan fingerprint density at radius 2 is 1.05 bits per heavy atom. The molecule has 1 rings (SSSR count). The van der Waals surface area contributed by atoms with Gasteiger partial charge in [-0.05, 0) is 0 Å². The van der Waals surface area contributed by atoms with Crippen molar-refractivity contribution in [1.29, 1.82) is 10.5 Å². The number of nitriles is 2. The molecule has 0 unspecified atom stereocenters. The lowest BCUT2D eigenvalue weighted by molar-refractivity contribution is -0.139. The van der Waals surface area contributed by atoms with Crippen LogP contribution in [0.4, 0.5) is 0 Å². The third-order valence-corrected chi connectivity index (χ3v) is 6.28. The number of rotatable bonds is 14. The SMILES string of the molecule is C=C(C#N)C(=O)OCCNC(=O)CC(C)(C)c1c(O)c(=C)c(C(C)(C)CC(=O)NCCOC(=O)C(=C)C#N)c(O)c1=C. The Labute approximate surface area is 244 Å². The number of hydrogen-bond donors (Lipinski definition) is 4. The van der Waals surface area contributed by atoms with Gasteiger partial charge in [0.15, 0.2) is 0 Å². The van der Waals surface area contributed by atoms with E-state index in [1.54, 1.807) is 39.8 Å². The molecular formula is C30H36N4O8. The summed E-state index contributed by atoms with van der Waals surface area (Å²) in [6, 6.07) is 3.13. The number of nitrogens with one attached hydrogen (secondary N) is 2. The number of benzene rings is 1. The summed E-state index contributed by atoms with van der Waals surface area (Å²) in [5, 5.41) is 44.9. The molecule has 0 aliphatic rings. The number of phenolic OH excluding ortho intramolecular Hbond substituents is 2. The van der Waals surface area contributed by atoms with Crippen molar-refractivity contribution < 1.29 is 38.9 Å². The van der Waals surface area contributed by atoms with E-state index < -0.39 is 34.6 Å². The van der Waals surface area contributed by atoms with E-state index in [2.05, 4.69) is 36.9 Å². The van der Waals surface area contributed by atoms with Gasteiger partial charge in [0.25, 0.3) is 0 Å². The zero-order valence-corrected chi connectivity index (χ0v) is 24.3. The van der Waals surface area contributed by atoms with Crippen molar-refractivity contribution in [1.82, 2.24) is 10.6 Å². The Morgan fingerprint density at radius 3 is 1.33 bits per heavy atom. The monoisotopic (exact) mass is 580 g/mol. The Morgan fingerprint density at radius 1 is 0.738 bits per heavy atom. The molecule has 0 heterocycles. The molecule has 0 aliphatic carbocycles. The fourth-order valence-corrected chi connectivity index (χ4v) is 4.32. The lowest BCUT2D eigenvalue weighted by atomic mass is 9.74. The molecule has 0 radical (unpaired) electrons. The maximum atomic E-state index is 12.6. The van der Waals surface area contributed by atoms with Crippen LogP contribution in [0.3, 0.4) is 0 Å². The van der Waals surface area contributed by atoms with Gasteiger partial charge in [0.2, 0.25) is 11.8 Å². The summed E-state index contributed by atoms with van der Waals surface area (Å²) in [4.78, 5) is 48.2. The third-order valence-electron chi connectivity index (χ3n) is 6.28. The van der Waals surface area contributed by atoms with Crippen LogP contribution in [0, 0.1) is 22.7 Å². The topological polar surface area (TPSA) is 199 Å². The Bertz CT molecular complexity index is 1370. The molecule has 0 saturated heterocycles. The van der Waals surface area contributed by atoms with Gasteiger partial charge in [-0.25, -0.2) is 9.59 Å². The highest BCUT2D eigenvalue weighted by molar-refractivity contribution is 5.92. The van der Waals surface area contributed by atoms with Crippen LogP contribution in [0.25, 0.3) is 13.2 Å². The minimum Gasteiger partial charge on any atom is -0.507 e. The predicted octanol–water partition coefficient (Wildman–Crippen LogP) is 0.732. The van der Waals surface area contributed by atoms with Crippen LogP contribution in [-0.2, 0) is 39.5 Å². The van der Waals surface area contributed by atoms with Crippen LogP contribution in [0.2, 0.25) is 0 Å². The van der Waals surface area contributed by atoms with Gasteiger partial charge < -0.3 is 30.3 Å². The number of carbonyl (C=O) groups is 4. The van der Waals surface area contributed by atoms with Crippen LogP contribution in [0.5, 0.6) is 11.5 Å². The van der Waals surface area contributed by atoms with Crippen LogP contribution in [0.15, 0.2) is 24.3 Å². The molecule has 12 nitrogen and oxygen atoms in total. The molecule has 2 amide bonds. The molecule has 224 valence electrons. The normalized spacial score (nSPS) is 10.9. The summed E-state index contributed by atoms with van der Waals surface area (Å²) in [6.07, 6.45) is -0.281. The average Bonchev–Trinajstić information content (AvgIpc) is 2.90. The van der Waals surface area contributed by atoms with Gasteiger partial charge in [-0.3, -0.25) is 9.59 Å². The second-order valence-electron chi connectivity index (χ2n) is 10.7. The number of ether oxygens (including phenoxy) is 2. The van der Waals surface area contributed by atoms with E-state index in [0.717, 1.165) is 0 Å². The molecule has 0 fully saturated rings. The summed E-state index contributed by atoms with van der Waals surface area (Å²) >= 11 is 0. The molecule has 12 heteroatoms. The smallest absolute Gasteiger partial charge is 0.348 e. The van der Waals surface area contributed by atoms with Crippen molar-refractivity contribution in [2.24, 2.45) is 0 Å². The number of esters is 2. The van der Waals surface area contributed by atoms with Gasteiger partial charge >= 0.3 is 11.9 Å². The summed E-state index contributed by atoms with van der Waals surface area (Å²) in [6.45, 7) is 20.6. The van der Waals surface area contributed by atoms with Gasteiger partial charge in [0.05, 0.1) is 13.1 Å². The van der Waals surface area contributed by atoms with Gasteiger partial charge in [-0.15, -0.1) is 0 Å². The van der Waals surface area contributed by atoms with E-state index in [1.165, 1.54) is 0 Å². The standard InChI is InChI=1S/C30H36N4O8/c1-17(15-31)27(39)41-11-9-33-21(35)13-29(5,6)23-19(3)26(38)24(20(4)25(23)37)30(7,8)14-22(36)34-10-12-42-28(40)18(2)16-32/h37-38H,1-4,9-14H2,5-8H3,(H,33,35)(H,34,36). The van der Waals surface area contributed by atoms with Crippen LogP contribution in [0.1, 0.15) is 51.7 Å². The molecule has 0 saturated carbocycles. The first kappa shape index (κ1) is 34.9. The molecule has 0 spiro atoms. The lowest BCUT2D eigenvalue weighted by Crippen LogP contribution is -2.39. The number of phenols is 2. The Hall–Kier alpha value is -5.10. The molecule has 0 bridgehead atoms. The maximum absolute atomic E-state index is 12.6. The highest BCUT2D eigenvalue weighted by Gasteiger charge is 2.35. The number of nitrogens with zero attached hydrogens (tertiary/aromatic N) is 2. The summed E-state index contributed by atoms with van der Waals surface area (Å²) in [5.74, 6) is -3.23. The first-order valence-electron chi connectivity index (χ1n) is 12.7. The summed E-state index contributed by atoms with van der Waals surface area (Å²) < 4.78 is 9.65. The van der Waals surface area contributed by atoms with Gasteiger partial charge in [-0.1, -0.05) is 54.0 Å². The first-order chi connectivity index (χ1) is 19.4. The highest BCUT2D eigenvalue weighted by Crippen LogP contribution is 2.36. The van der Waals surface area contributed by atoms with Gasteiger partial charge in [0, 0.05) is 45.2 Å². The fourth-order valence-electron chi connectivity index (χ4n) is 4.32. The molecule has 0 aromatic heterocycles. The zero-order chi connectivity index (χ0) is 32.4. The van der Waals surface area contributed by atoms with Crippen molar-refractivity contribution in [2.75, 3.05) is 26.3 Å². The maximum Gasteiger partial charge on any atom is 0.348 e. The van der Waals surface area contributed by atoms with E-state index in [4.69, 9.17) is 20.0 Å². The fraction of sp³-hybridized carbons (Fsp3) is 0.400. The quantitative estimate of drug-likeness (QED) is 0.0800. The molecule has 4 N–H and O–H groups in total. The Balaban J connectivity index is 3.02. The predicted molar refractivity (Wildman–Crippen MR) is 153 cm³/mol. The summed E-state index contributed by atoms with van der Waals surface area (Å²) in [7, 11) is 0. The highest BCUT2D eigenvalue weighted by atomic mass is 16.5. The molecule has 42 heavy (non-hydrogen) atoms. The first-order valence-corrected chi connectivity index (χ1v) is 12.7. The van der Waals surface area contributed by atoms with Crippen molar-refractivity contribution in [3.05, 3.63) is 45.9 Å². The van der Waals surface area contributed by atoms with Crippen molar-refractivity contribution in [3.63, 3.8) is 0 Å². The van der Waals surface area contributed by atoms with E-state index in [-0.39, 0.29) is 83.4 Å². The van der Waals surface area contributed by atoms with Crippen molar-refractivity contribution in [2.45, 2.75) is 51.4 Å². The molecule has 0 atom stereocenters. The molecule has 0 aliphatic heterocycles. The second kappa shape index (κ2) is 14.5. The van der Waals surface area contributed by atoms with E-state index >= 15 is 0 Å². The second-order valence-corrected chi connectivity index (χ2v) is 10.7. The van der Waals surface area contributed by atoms with Gasteiger partial charge in [0.1, 0.15) is 48.0 Å². The molecule has 1 aromatic carbocycles. The largest absolute Gasteiger partial charge is 0.507 e. The number of hydrogen-bond acceptors (Lipinski definition) is 10. The van der Waals surface area contributed by atoms with Gasteiger partial charge in [-0.2, -0.15) is 10.5 Å². The van der Waals surface area contributed by atoms with Crippen LogP contribution in [-0.4, -0.2) is 60.3 Å². The average molecular weight is 581 g/mol. The van der Waals surface area contributed by atoms with Crippen LogP contribution < -0.4 is 21.1 Å². The summed E-state index contributed by atoms with van der Waals surface area (Å²) in [5.41, 5.74) is -2.40. The van der Waals surface area contributed by atoms with E-state index in [9.17, 15) is 29.4 Å². The third kappa shape index (κ3) is 8.96. The number of amides is 2. The molecule has 1 aromatic rings. The lowest BCUT2D eigenvalue weighted by Gasteiger charge is -2.31. The number of carbonyl (C=O) groups excluding carboxylic acids is 4. The van der Waals surface area contributed by atoms with E-state index in [1.807, 2.05) is 0 Å². The molecular weight excluding hydrogens is 544 g/mol. The van der Waals surface area contributed by atoms with Crippen molar-refractivity contribution >= 4 is 36.9 Å². The zero-order valence-electron chi connectivity index (χ0n) is 24.3. The number of aromatic hydroxyl groups is 2. The van der Waals surface area contributed by atoms with Crippen molar-refractivity contribution in [3.8, 4) is 23.6 Å². The van der Waals surface area contributed by atoms with Crippen LogP contribution >= 0.6 is 0 Å². The Kier molecular flexibility index (Phi) is 12.1. The minimum atomic E-state index is -1.03. The minimum absolute atomic E-state index is 0.0266.